The standard InChI is InChI=1S/C18H17FN4O.C8H15NO.HI.2H2/c1-11-7-20-17(22-10-24)6-14(11)13-4-15(19)18-16(5-13)23(9-21-18)8-12-2-3-12;1-7(10)9-8-5-3-2-4-6-8;;;/h4-7,9-10,12H,2-3,8H2,1H3,(H,20,22,24);8H,2-6H2,1H3,(H,9,10);3*1H. The van der Waals surface area contributed by atoms with Gasteiger partial charge in [0, 0.05) is 28.6 Å². The Bertz CT molecular complexity index is 1180. The number of amides is 2. The number of nitrogens with zero attached hydrogens (tertiary/aromatic N) is 3. The third-order valence-corrected chi connectivity index (χ3v) is 6.46. The molecule has 3 aromatic rings. The normalized spacial score (nSPS) is 15.5. The van der Waals surface area contributed by atoms with Gasteiger partial charge < -0.3 is 15.2 Å². The summed E-state index contributed by atoms with van der Waals surface area (Å²) in [6.45, 7) is 4.39. The zero-order valence-corrected chi connectivity index (χ0v) is 22.6. The first-order chi connectivity index (χ1) is 16.4. The van der Waals surface area contributed by atoms with Crippen LogP contribution in [0.3, 0.4) is 0 Å². The second-order valence-electron chi connectivity index (χ2n) is 9.35. The number of carbonyl (C=O) groups is 2. The molecule has 1 aromatic carbocycles. The van der Waals surface area contributed by atoms with E-state index in [0.717, 1.165) is 28.8 Å². The van der Waals surface area contributed by atoms with Crippen molar-refractivity contribution in [2.24, 2.45) is 5.92 Å². The molecule has 2 aliphatic carbocycles. The van der Waals surface area contributed by atoms with Crippen LogP contribution in [-0.4, -0.2) is 32.9 Å². The Morgan fingerprint density at radius 3 is 2.57 bits per heavy atom. The van der Waals surface area contributed by atoms with E-state index in [1.807, 2.05) is 17.6 Å². The smallest absolute Gasteiger partial charge is 0.217 e. The van der Waals surface area contributed by atoms with Gasteiger partial charge >= 0.3 is 0 Å². The van der Waals surface area contributed by atoms with Gasteiger partial charge in [0.25, 0.3) is 0 Å². The molecule has 0 spiro atoms. The maximum atomic E-state index is 14.5. The van der Waals surface area contributed by atoms with Crippen LogP contribution in [0.25, 0.3) is 22.2 Å². The highest BCUT2D eigenvalue weighted by Crippen LogP contribution is 2.34. The molecular weight excluding hydrogens is 560 g/mol. The molecule has 0 unspecified atom stereocenters. The van der Waals surface area contributed by atoms with Crippen LogP contribution in [0.2, 0.25) is 0 Å². The molecule has 0 radical (unpaired) electrons. The Balaban J connectivity index is 0.000000453. The lowest BCUT2D eigenvalue weighted by atomic mass is 9.95. The van der Waals surface area contributed by atoms with Crippen molar-refractivity contribution in [3.05, 3.63) is 42.1 Å². The van der Waals surface area contributed by atoms with Gasteiger partial charge in [-0.1, -0.05) is 19.3 Å². The molecular formula is C26H37FIN5O2. The van der Waals surface area contributed by atoms with Crippen molar-refractivity contribution < 1.29 is 16.8 Å². The van der Waals surface area contributed by atoms with E-state index in [1.54, 1.807) is 25.5 Å². The van der Waals surface area contributed by atoms with Crippen molar-refractivity contribution in [2.75, 3.05) is 5.32 Å². The highest BCUT2D eigenvalue weighted by molar-refractivity contribution is 14.0. The van der Waals surface area contributed by atoms with Gasteiger partial charge in [0.05, 0.1) is 11.8 Å². The van der Waals surface area contributed by atoms with Crippen LogP contribution in [0.1, 0.15) is 60.3 Å². The first-order valence-corrected chi connectivity index (χ1v) is 12.0. The van der Waals surface area contributed by atoms with Crippen molar-refractivity contribution in [1.82, 2.24) is 19.9 Å². The lowest BCUT2D eigenvalue weighted by Crippen LogP contribution is -2.34. The molecule has 2 fully saturated rings. The molecule has 2 aromatic heterocycles. The Labute approximate surface area is 225 Å². The molecule has 2 N–H and O–H groups in total. The lowest BCUT2D eigenvalue weighted by Gasteiger charge is -2.21. The summed E-state index contributed by atoms with van der Waals surface area (Å²) in [5.74, 6) is 0.905. The molecule has 192 valence electrons. The maximum Gasteiger partial charge on any atom is 0.217 e. The largest absolute Gasteiger partial charge is 0.354 e. The summed E-state index contributed by atoms with van der Waals surface area (Å²) in [5.41, 5.74) is 3.72. The number of halogens is 2. The van der Waals surface area contributed by atoms with Crippen molar-refractivity contribution >= 4 is 53.1 Å². The fraction of sp³-hybridized carbons (Fsp3) is 0.462. The maximum absolute atomic E-state index is 14.5. The van der Waals surface area contributed by atoms with Crippen molar-refractivity contribution in [3.63, 3.8) is 0 Å². The summed E-state index contributed by atoms with van der Waals surface area (Å²) in [6.07, 6.45) is 12.7. The number of aryl methyl sites for hydroxylation is 1. The number of hydrogen-bond acceptors (Lipinski definition) is 4. The number of benzene rings is 1. The van der Waals surface area contributed by atoms with Gasteiger partial charge in [-0.15, -0.1) is 24.0 Å². The quantitative estimate of drug-likeness (QED) is 0.266. The van der Waals surface area contributed by atoms with Crippen LogP contribution in [0.15, 0.2) is 30.7 Å². The highest BCUT2D eigenvalue weighted by atomic mass is 127. The first kappa shape index (κ1) is 27.0. The SMILES string of the molecule is CC(=O)NC1CCCCC1.Cc1cnc(NC=O)cc1-c1cc(F)c2ncn(CC3CC3)c2c1.I.[HH].[HH]. The van der Waals surface area contributed by atoms with Gasteiger partial charge in [-0.3, -0.25) is 9.59 Å². The number of aromatic nitrogens is 3. The molecule has 2 aliphatic rings. The van der Waals surface area contributed by atoms with Crippen LogP contribution >= 0.6 is 24.0 Å². The van der Waals surface area contributed by atoms with Crippen molar-refractivity contribution in [1.29, 1.82) is 0 Å². The summed E-state index contributed by atoms with van der Waals surface area (Å²) < 4.78 is 16.5. The minimum Gasteiger partial charge on any atom is -0.354 e. The molecule has 2 heterocycles. The predicted molar refractivity (Wildman–Crippen MR) is 150 cm³/mol. The molecule has 7 nitrogen and oxygen atoms in total. The van der Waals surface area contributed by atoms with E-state index in [0.29, 0.717) is 29.7 Å². The minimum atomic E-state index is -0.335. The van der Waals surface area contributed by atoms with E-state index >= 15 is 0 Å². The number of imidazole rings is 1. The molecule has 35 heavy (non-hydrogen) atoms. The Morgan fingerprint density at radius 2 is 1.91 bits per heavy atom. The van der Waals surface area contributed by atoms with Crippen LogP contribution in [0, 0.1) is 18.7 Å². The fourth-order valence-corrected chi connectivity index (χ4v) is 4.51. The van der Waals surface area contributed by atoms with E-state index in [4.69, 9.17) is 0 Å². The molecule has 0 atom stereocenters. The average molecular weight is 598 g/mol. The Kier molecular flexibility index (Phi) is 9.59. The van der Waals surface area contributed by atoms with Gasteiger partial charge in [0.15, 0.2) is 5.82 Å². The van der Waals surface area contributed by atoms with Gasteiger partial charge in [-0.2, -0.15) is 0 Å². The number of hydrogen-bond donors (Lipinski definition) is 2. The number of fused-ring (bicyclic) bond motifs is 1. The van der Waals surface area contributed by atoms with Crippen LogP contribution in [-0.2, 0) is 16.1 Å². The molecule has 5 rings (SSSR count). The molecule has 2 saturated carbocycles. The second kappa shape index (κ2) is 12.4. The molecule has 9 heteroatoms. The minimum absolute atomic E-state index is 0. The monoisotopic (exact) mass is 597 g/mol. The lowest BCUT2D eigenvalue weighted by molar-refractivity contribution is -0.119. The van der Waals surface area contributed by atoms with Crippen LogP contribution < -0.4 is 10.6 Å². The number of rotatable bonds is 6. The number of pyridine rings is 1. The molecule has 0 saturated heterocycles. The summed E-state index contributed by atoms with van der Waals surface area (Å²) in [6, 6.07) is 5.68. The predicted octanol–water partition coefficient (Wildman–Crippen LogP) is 6.09. The van der Waals surface area contributed by atoms with E-state index in [9.17, 15) is 14.0 Å². The van der Waals surface area contributed by atoms with E-state index < -0.39 is 0 Å². The van der Waals surface area contributed by atoms with Gasteiger partial charge in [-0.25, -0.2) is 14.4 Å². The van der Waals surface area contributed by atoms with E-state index in [2.05, 4.69) is 20.6 Å². The Morgan fingerprint density at radius 1 is 1.17 bits per heavy atom. The molecule has 0 bridgehead atoms. The third kappa shape index (κ3) is 7.22. The van der Waals surface area contributed by atoms with Crippen LogP contribution in [0.4, 0.5) is 10.2 Å². The highest BCUT2D eigenvalue weighted by Gasteiger charge is 2.23. The number of carbonyl (C=O) groups excluding carboxylic acids is 2. The van der Waals surface area contributed by atoms with E-state index in [-0.39, 0.29) is 38.6 Å². The van der Waals surface area contributed by atoms with Crippen molar-refractivity contribution in [3.8, 4) is 11.1 Å². The summed E-state index contributed by atoms with van der Waals surface area (Å²) >= 11 is 0. The van der Waals surface area contributed by atoms with Gasteiger partial charge in [-0.05, 0) is 73.4 Å². The zero-order valence-electron chi connectivity index (χ0n) is 20.2. The average Bonchev–Trinajstić information content (AvgIpc) is 3.54. The second-order valence-corrected chi connectivity index (χ2v) is 9.35. The Hall–Kier alpha value is -2.56. The number of anilines is 1. The molecule has 2 amide bonds. The van der Waals surface area contributed by atoms with Crippen LogP contribution in [0.5, 0.6) is 0 Å². The molecule has 0 aliphatic heterocycles. The summed E-state index contributed by atoms with van der Waals surface area (Å²) in [5, 5.41) is 5.48. The van der Waals surface area contributed by atoms with Gasteiger partial charge in [0.1, 0.15) is 11.3 Å². The van der Waals surface area contributed by atoms with E-state index in [1.165, 1.54) is 51.0 Å². The van der Waals surface area contributed by atoms with Crippen molar-refractivity contribution in [2.45, 2.75) is 71.4 Å². The number of nitrogens with one attached hydrogen (secondary N) is 2. The third-order valence-electron chi connectivity index (χ3n) is 6.46. The summed E-state index contributed by atoms with van der Waals surface area (Å²) in [7, 11) is 0. The fourth-order valence-electron chi connectivity index (χ4n) is 4.51. The van der Waals surface area contributed by atoms with Gasteiger partial charge in [0.2, 0.25) is 12.3 Å². The summed E-state index contributed by atoms with van der Waals surface area (Å²) in [4.78, 5) is 29.6. The first-order valence-electron chi connectivity index (χ1n) is 12.0. The topological polar surface area (TPSA) is 88.9 Å². The zero-order chi connectivity index (χ0) is 24.1.